The molecular formula is C26H34N2O7. The second-order valence-corrected chi connectivity index (χ2v) is 9.02. The summed E-state index contributed by atoms with van der Waals surface area (Å²) < 4.78 is 22.9. The third-order valence-electron chi connectivity index (χ3n) is 5.97. The van der Waals surface area contributed by atoms with Crippen LogP contribution in [0.1, 0.15) is 44.1 Å². The molecule has 1 amide bonds. The standard InChI is InChI=1S/C26H34N2O7/c1-16(2)10-11-19-17(3)34-26(31)20(14-33-15-22(19)35-18-8-6-5-7-9-18)28-25(30)23-24(29)21(32-4)12-13-27-23/h5-9,12-13,16-17,19-20,22,29H,10-11,14-15H2,1-4H3,(H,28,30). The first-order valence-electron chi connectivity index (χ1n) is 11.8. The lowest BCUT2D eigenvalue weighted by atomic mass is 9.89. The Morgan fingerprint density at radius 1 is 1.23 bits per heavy atom. The molecule has 1 aliphatic heterocycles. The number of carbonyl (C=O) groups is 2. The second kappa shape index (κ2) is 12.4. The number of aromatic hydroxyl groups is 1. The van der Waals surface area contributed by atoms with Gasteiger partial charge in [-0.2, -0.15) is 0 Å². The summed E-state index contributed by atoms with van der Waals surface area (Å²) in [4.78, 5) is 29.7. The summed E-state index contributed by atoms with van der Waals surface area (Å²) in [7, 11) is 1.37. The highest BCUT2D eigenvalue weighted by molar-refractivity contribution is 5.98. The molecule has 190 valence electrons. The van der Waals surface area contributed by atoms with Crippen molar-refractivity contribution in [2.75, 3.05) is 20.3 Å². The number of nitrogens with zero attached hydrogens (tertiary/aromatic N) is 1. The van der Waals surface area contributed by atoms with Crippen LogP contribution in [0.25, 0.3) is 0 Å². The van der Waals surface area contributed by atoms with Gasteiger partial charge in [-0.05, 0) is 31.4 Å². The van der Waals surface area contributed by atoms with Crippen molar-refractivity contribution in [2.45, 2.75) is 51.9 Å². The van der Waals surface area contributed by atoms with Gasteiger partial charge in [-0.25, -0.2) is 9.78 Å². The Morgan fingerprint density at radius 3 is 2.66 bits per heavy atom. The van der Waals surface area contributed by atoms with Crippen molar-refractivity contribution in [1.29, 1.82) is 0 Å². The molecule has 0 radical (unpaired) electrons. The van der Waals surface area contributed by atoms with E-state index in [1.807, 2.05) is 37.3 Å². The number of pyridine rings is 1. The van der Waals surface area contributed by atoms with Crippen molar-refractivity contribution in [3.05, 3.63) is 48.3 Å². The first-order valence-corrected chi connectivity index (χ1v) is 11.8. The van der Waals surface area contributed by atoms with Gasteiger partial charge in [0, 0.05) is 18.2 Å². The van der Waals surface area contributed by atoms with Crippen molar-refractivity contribution in [2.24, 2.45) is 11.8 Å². The van der Waals surface area contributed by atoms with Crippen LogP contribution in [0.3, 0.4) is 0 Å². The van der Waals surface area contributed by atoms with Gasteiger partial charge >= 0.3 is 5.97 Å². The molecule has 1 aromatic heterocycles. The van der Waals surface area contributed by atoms with Crippen LogP contribution in [0.4, 0.5) is 0 Å². The maximum absolute atomic E-state index is 13.0. The van der Waals surface area contributed by atoms with Crippen LogP contribution in [0.2, 0.25) is 0 Å². The van der Waals surface area contributed by atoms with Gasteiger partial charge in [-0.15, -0.1) is 0 Å². The SMILES string of the molecule is COc1ccnc(C(=O)NC2COCC(Oc3ccccc3)C(CCC(C)C)C(C)OC2=O)c1O. The zero-order chi connectivity index (χ0) is 25.4. The zero-order valence-electron chi connectivity index (χ0n) is 20.6. The van der Waals surface area contributed by atoms with E-state index in [0.717, 1.165) is 12.8 Å². The van der Waals surface area contributed by atoms with E-state index in [4.69, 9.17) is 18.9 Å². The third-order valence-corrected chi connectivity index (χ3v) is 5.97. The van der Waals surface area contributed by atoms with Gasteiger partial charge < -0.3 is 29.4 Å². The minimum atomic E-state index is -1.08. The van der Waals surface area contributed by atoms with Crippen LogP contribution in [0.5, 0.6) is 17.2 Å². The molecular weight excluding hydrogens is 452 g/mol. The molecule has 1 fully saturated rings. The Bertz CT molecular complexity index is 983. The predicted molar refractivity (Wildman–Crippen MR) is 129 cm³/mol. The Balaban J connectivity index is 1.77. The van der Waals surface area contributed by atoms with E-state index in [1.54, 1.807) is 0 Å². The maximum Gasteiger partial charge on any atom is 0.331 e. The Morgan fingerprint density at radius 2 is 1.97 bits per heavy atom. The topological polar surface area (TPSA) is 116 Å². The molecule has 1 aliphatic rings. The fourth-order valence-electron chi connectivity index (χ4n) is 3.98. The molecule has 2 heterocycles. The number of amides is 1. The molecule has 0 saturated carbocycles. The highest BCUT2D eigenvalue weighted by Crippen LogP contribution is 2.29. The first kappa shape index (κ1) is 26.3. The smallest absolute Gasteiger partial charge is 0.331 e. The molecule has 9 heteroatoms. The van der Waals surface area contributed by atoms with Crippen LogP contribution < -0.4 is 14.8 Å². The van der Waals surface area contributed by atoms with Crippen LogP contribution in [0, 0.1) is 11.8 Å². The molecule has 2 N–H and O–H groups in total. The minimum Gasteiger partial charge on any atom is -0.503 e. The molecule has 9 nitrogen and oxygen atoms in total. The van der Waals surface area contributed by atoms with Crippen LogP contribution in [-0.2, 0) is 14.3 Å². The summed E-state index contributed by atoms with van der Waals surface area (Å²) in [6.07, 6.45) is 2.23. The predicted octanol–water partition coefficient (Wildman–Crippen LogP) is 3.36. The number of hydrogen-bond donors (Lipinski definition) is 2. The van der Waals surface area contributed by atoms with Crippen molar-refractivity contribution in [1.82, 2.24) is 10.3 Å². The monoisotopic (exact) mass is 486 g/mol. The third kappa shape index (κ3) is 7.08. The zero-order valence-corrected chi connectivity index (χ0v) is 20.6. The highest BCUT2D eigenvalue weighted by Gasteiger charge is 2.36. The number of benzene rings is 1. The Labute approximate surface area is 205 Å². The summed E-state index contributed by atoms with van der Waals surface area (Å²) in [5, 5.41) is 12.8. The molecule has 0 aliphatic carbocycles. The van der Waals surface area contributed by atoms with Gasteiger partial charge in [0.1, 0.15) is 18.0 Å². The van der Waals surface area contributed by atoms with Gasteiger partial charge in [-0.1, -0.05) is 38.5 Å². The van der Waals surface area contributed by atoms with E-state index in [-0.39, 0.29) is 36.7 Å². The highest BCUT2D eigenvalue weighted by atomic mass is 16.6. The molecule has 1 aromatic carbocycles. The van der Waals surface area contributed by atoms with Gasteiger partial charge in [0.25, 0.3) is 5.91 Å². The Kier molecular flexibility index (Phi) is 9.31. The van der Waals surface area contributed by atoms with Gasteiger partial charge in [0.2, 0.25) is 0 Å². The Hall–Kier alpha value is -3.33. The van der Waals surface area contributed by atoms with Crippen LogP contribution >= 0.6 is 0 Å². The average molecular weight is 487 g/mol. The van der Waals surface area contributed by atoms with Crippen molar-refractivity contribution < 1.29 is 33.6 Å². The lowest BCUT2D eigenvalue weighted by Gasteiger charge is -2.31. The van der Waals surface area contributed by atoms with E-state index >= 15 is 0 Å². The van der Waals surface area contributed by atoms with Crippen molar-refractivity contribution in [3.63, 3.8) is 0 Å². The normalized spacial score (nSPS) is 22.9. The van der Waals surface area contributed by atoms with Crippen molar-refractivity contribution in [3.8, 4) is 17.2 Å². The van der Waals surface area contributed by atoms with E-state index in [2.05, 4.69) is 24.1 Å². The molecule has 2 aromatic rings. The lowest BCUT2D eigenvalue weighted by Crippen LogP contribution is -2.46. The van der Waals surface area contributed by atoms with Crippen LogP contribution in [0.15, 0.2) is 42.6 Å². The maximum atomic E-state index is 13.0. The number of aromatic nitrogens is 1. The minimum absolute atomic E-state index is 0.0981. The molecule has 0 spiro atoms. The summed E-state index contributed by atoms with van der Waals surface area (Å²) in [6, 6.07) is 9.79. The number of ether oxygens (including phenoxy) is 4. The number of para-hydroxylation sites is 1. The molecule has 0 bridgehead atoms. The summed E-state index contributed by atoms with van der Waals surface area (Å²) in [6.45, 7) is 6.22. The number of esters is 1. The summed E-state index contributed by atoms with van der Waals surface area (Å²) in [5.41, 5.74) is -0.259. The van der Waals surface area contributed by atoms with E-state index in [1.165, 1.54) is 19.4 Å². The summed E-state index contributed by atoms with van der Waals surface area (Å²) >= 11 is 0. The number of nitrogens with one attached hydrogen (secondary N) is 1. The molecule has 35 heavy (non-hydrogen) atoms. The molecule has 4 atom stereocenters. The van der Waals surface area contributed by atoms with E-state index in [9.17, 15) is 14.7 Å². The number of rotatable bonds is 8. The van der Waals surface area contributed by atoms with Gasteiger partial charge in [-0.3, -0.25) is 4.79 Å². The molecule has 3 rings (SSSR count). The number of hydrogen-bond acceptors (Lipinski definition) is 8. The van der Waals surface area contributed by atoms with Gasteiger partial charge in [0.05, 0.1) is 20.3 Å². The van der Waals surface area contributed by atoms with Crippen molar-refractivity contribution >= 4 is 11.9 Å². The largest absolute Gasteiger partial charge is 0.503 e. The van der Waals surface area contributed by atoms with Gasteiger partial charge in [0.15, 0.2) is 23.2 Å². The fraction of sp³-hybridized carbons (Fsp3) is 0.500. The van der Waals surface area contributed by atoms with E-state index in [0.29, 0.717) is 11.7 Å². The number of cyclic esters (lactones) is 1. The average Bonchev–Trinajstić information content (AvgIpc) is 2.87. The molecule has 1 saturated heterocycles. The lowest BCUT2D eigenvalue weighted by molar-refractivity contribution is -0.154. The number of methoxy groups -OCH3 is 1. The molecule has 4 unspecified atom stereocenters. The number of carbonyl (C=O) groups excluding carboxylic acids is 2. The quantitative estimate of drug-likeness (QED) is 0.546. The van der Waals surface area contributed by atoms with Crippen LogP contribution in [-0.4, -0.2) is 60.5 Å². The fourth-order valence-corrected chi connectivity index (χ4v) is 3.98. The summed E-state index contributed by atoms with van der Waals surface area (Å²) in [5.74, 6) is -0.614. The van der Waals surface area contributed by atoms with E-state index < -0.39 is 29.8 Å². The second-order valence-electron chi connectivity index (χ2n) is 9.02. The first-order chi connectivity index (χ1) is 16.8.